The highest BCUT2D eigenvalue weighted by Crippen LogP contribution is 2.23. The van der Waals surface area contributed by atoms with Gasteiger partial charge in [0.1, 0.15) is 0 Å². The molecular weight excluding hydrogens is 200 g/mol. The average molecular weight is 226 g/mol. The van der Waals surface area contributed by atoms with Crippen molar-refractivity contribution in [3.63, 3.8) is 0 Å². The fourth-order valence-corrected chi connectivity index (χ4v) is 2.72. The fourth-order valence-electron chi connectivity index (χ4n) is 2.72. The van der Waals surface area contributed by atoms with E-state index >= 15 is 0 Å². The van der Waals surface area contributed by atoms with E-state index in [2.05, 4.69) is 25.7 Å². The van der Waals surface area contributed by atoms with Crippen molar-refractivity contribution in [3.8, 4) is 0 Å². The molecule has 0 spiro atoms. The molecule has 1 aliphatic heterocycles. The summed E-state index contributed by atoms with van der Waals surface area (Å²) in [6.45, 7) is 6.41. The fraction of sp³-hybridized carbons (Fsp3) is 0.923. The molecule has 0 bridgehead atoms. The lowest BCUT2D eigenvalue weighted by atomic mass is 9.96. The molecule has 0 saturated carbocycles. The molecule has 1 amide bonds. The van der Waals surface area contributed by atoms with Gasteiger partial charge in [0, 0.05) is 24.5 Å². The summed E-state index contributed by atoms with van der Waals surface area (Å²) in [5.41, 5.74) is 5.94. The number of nitrogens with two attached hydrogens (primary N) is 1. The van der Waals surface area contributed by atoms with Gasteiger partial charge in [0.2, 0.25) is 5.91 Å². The van der Waals surface area contributed by atoms with Crippen LogP contribution in [0.3, 0.4) is 0 Å². The molecule has 0 aliphatic carbocycles. The number of hydrogen-bond acceptors (Lipinski definition) is 2. The Morgan fingerprint density at radius 3 is 2.44 bits per heavy atom. The minimum atomic E-state index is 0.0406. The monoisotopic (exact) mass is 226 g/mol. The zero-order chi connectivity index (χ0) is 12.1. The lowest BCUT2D eigenvalue weighted by molar-refractivity contribution is -0.137. The molecule has 1 saturated heterocycles. The Morgan fingerprint density at radius 1 is 1.38 bits per heavy atom. The number of nitrogens with zero attached hydrogens (tertiary/aromatic N) is 1. The molecule has 16 heavy (non-hydrogen) atoms. The second-order valence-electron chi connectivity index (χ2n) is 5.18. The minimum Gasteiger partial charge on any atom is -0.337 e. The number of amides is 1. The third-order valence-corrected chi connectivity index (χ3v) is 3.58. The summed E-state index contributed by atoms with van der Waals surface area (Å²) < 4.78 is 0. The van der Waals surface area contributed by atoms with Crippen molar-refractivity contribution in [1.82, 2.24) is 4.90 Å². The van der Waals surface area contributed by atoms with E-state index in [0.717, 1.165) is 25.7 Å². The van der Waals surface area contributed by atoms with Crippen molar-refractivity contribution >= 4 is 5.91 Å². The van der Waals surface area contributed by atoms with E-state index in [-0.39, 0.29) is 11.9 Å². The summed E-state index contributed by atoms with van der Waals surface area (Å²) in [5, 5.41) is 0. The topological polar surface area (TPSA) is 46.3 Å². The van der Waals surface area contributed by atoms with E-state index in [9.17, 15) is 4.79 Å². The van der Waals surface area contributed by atoms with Gasteiger partial charge in [-0.25, -0.2) is 0 Å². The summed E-state index contributed by atoms with van der Waals surface area (Å²) >= 11 is 0. The Labute approximate surface area is 99.4 Å². The van der Waals surface area contributed by atoms with Gasteiger partial charge >= 0.3 is 0 Å². The van der Waals surface area contributed by atoms with Gasteiger partial charge in [-0.2, -0.15) is 0 Å². The highest BCUT2D eigenvalue weighted by Gasteiger charge is 2.29. The maximum absolute atomic E-state index is 12.2. The molecule has 1 fully saturated rings. The highest BCUT2D eigenvalue weighted by atomic mass is 16.2. The van der Waals surface area contributed by atoms with Crippen molar-refractivity contribution in [2.45, 2.75) is 77.4 Å². The van der Waals surface area contributed by atoms with Crippen LogP contribution in [0.5, 0.6) is 0 Å². The van der Waals surface area contributed by atoms with Crippen LogP contribution in [0.4, 0.5) is 0 Å². The molecule has 1 rings (SSSR count). The number of carbonyl (C=O) groups is 1. The molecule has 0 aromatic rings. The number of carbonyl (C=O) groups excluding carboxylic acids is 1. The van der Waals surface area contributed by atoms with Crippen molar-refractivity contribution in [3.05, 3.63) is 0 Å². The van der Waals surface area contributed by atoms with Crippen LogP contribution in [-0.2, 0) is 4.79 Å². The molecule has 3 nitrogen and oxygen atoms in total. The van der Waals surface area contributed by atoms with E-state index in [0.29, 0.717) is 18.5 Å². The molecule has 2 N–H and O–H groups in total. The van der Waals surface area contributed by atoms with Crippen LogP contribution >= 0.6 is 0 Å². The minimum absolute atomic E-state index is 0.0406. The Kier molecular flexibility index (Phi) is 5.26. The first-order chi connectivity index (χ1) is 7.56. The molecule has 0 radical (unpaired) electrons. The van der Waals surface area contributed by atoms with Gasteiger partial charge in [0.15, 0.2) is 0 Å². The molecule has 3 atom stereocenters. The van der Waals surface area contributed by atoms with Gasteiger partial charge in [0.05, 0.1) is 0 Å². The zero-order valence-electron chi connectivity index (χ0n) is 10.9. The average Bonchev–Trinajstić information content (AvgIpc) is 2.17. The molecule has 0 aromatic carbocycles. The third kappa shape index (κ3) is 3.48. The largest absolute Gasteiger partial charge is 0.337 e. The second-order valence-corrected chi connectivity index (χ2v) is 5.18. The van der Waals surface area contributed by atoms with E-state index in [1.807, 2.05) is 0 Å². The number of rotatable bonds is 4. The standard InChI is InChI=1S/C13H26N2O/c1-4-6-12(14)9-13(16)15-10(2)7-5-8-11(15)3/h10-12H,4-9,14H2,1-3H3. The van der Waals surface area contributed by atoms with E-state index < -0.39 is 0 Å². The quantitative estimate of drug-likeness (QED) is 0.799. The van der Waals surface area contributed by atoms with Crippen LogP contribution in [0.25, 0.3) is 0 Å². The molecular formula is C13H26N2O. The van der Waals surface area contributed by atoms with Gasteiger partial charge < -0.3 is 10.6 Å². The molecule has 0 aromatic heterocycles. The van der Waals surface area contributed by atoms with E-state index in [1.54, 1.807) is 0 Å². The summed E-state index contributed by atoms with van der Waals surface area (Å²) in [6.07, 6.45) is 6.04. The van der Waals surface area contributed by atoms with Crippen LogP contribution < -0.4 is 5.73 Å². The SMILES string of the molecule is CCCC(N)CC(=O)N1C(C)CCCC1C. The van der Waals surface area contributed by atoms with Gasteiger partial charge in [-0.05, 0) is 39.5 Å². The second kappa shape index (κ2) is 6.24. The maximum Gasteiger partial charge on any atom is 0.224 e. The Hall–Kier alpha value is -0.570. The van der Waals surface area contributed by atoms with Crippen LogP contribution in [0.1, 0.15) is 59.3 Å². The normalized spacial score (nSPS) is 27.9. The third-order valence-electron chi connectivity index (χ3n) is 3.58. The molecule has 1 aliphatic rings. The molecule has 3 unspecified atom stereocenters. The molecule has 94 valence electrons. The number of likely N-dealkylation sites (tertiary alicyclic amines) is 1. The Bertz CT molecular complexity index is 220. The number of hydrogen-bond donors (Lipinski definition) is 1. The summed E-state index contributed by atoms with van der Waals surface area (Å²) in [7, 11) is 0. The first kappa shape index (κ1) is 13.5. The predicted octanol–water partition coefficient (Wildman–Crippen LogP) is 2.29. The maximum atomic E-state index is 12.2. The van der Waals surface area contributed by atoms with Crippen LogP contribution in [0, 0.1) is 0 Å². The van der Waals surface area contributed by atoms with Gasteiger partial charge in [-0.15, -0.1) is 0 Å². The first-order valence-electron chi connectivity index (χ1n) is 6.63. The summed E-state index contributed by atoms with van der Waals surface area (Å²) in [5.74, 6) is 0.251. The van der Waals surface area contributed by atoms with Crippen LogP contribution in [-0.4, -0.2) is 28.9 Å². The van der Waals surface area contributed by atoms with Crippen molar-refractivity contribution in [2.24, 2.45) is 5.73 Å². The van der Waals surface area contributed by atoms with Crippen LogP contribution in [0.2, 0.25) is 0 Å². The van der Waals surface area contributed by atoms with Crippen molar-refractivity contribution in [1.29, 1.82) is 0 Å². The predicted molar refractivity (Wildman–Crippen MR) is 67.1 cm³/mol. The van der Waals surface area contributed by atoms with Gasteiger partial charge in [-0.3, -0.25) is 4.79 Å². The Balaban J connectivity index is 2.50. The lowest BCUT2D eigenvalue weighted by Crippen LogP contribution is -2.48. The smallest absolute Gasteiger partial charge is 0.224 e. The van der Waals surface area contributed by atoms with Crippen molar-refractivity contribution < 1.29 is 4.79 Å². The lowest BCUT2D eigenvalue weighted by Gasteiger charge is -2.39. The van der Waals surface area contributed by atoms with Crippen molar-refractivity contribution in [2.75, 3.05) is 0 Å². The Morgan fingerprint density at radius 2 is 1.94 bits per heavy atom. The summed E-state index contributed by atoms with van der Waals surface area (Å²) in [6, 6.07) is 0.828. The molecule has 3 heteroatoms. The molecule has 1 heterocycles. The first-order valence-corrected chi connectivity index (χ1v) is 6.63. The van der Waals surface area contributed by atoms with E-state index in [1.165, 1.54) is 6.42 Å². The van der Waals surface area contributed by atoms with Gasteiger partial charge in [0.25, 0.3) is 0 Å². The number of piperidine rings is 1. The van der Waals surface area contributed by atoms with Gasteiger partial charge in [-0.1, -0.05) is 13.3 Å². The zero-order valence-corrected chi connectivity index (χ0v) is 10.9. The summed E-state index contributed by atoms with van der Waals surface area (Å²) in [4.78, 5) is 14.2. The van der Waals surface area contributed by atoms with E-state index in [4.69, 9.17) is 5.73 Å². The van der Waals surface area contributed by atoms with Crippen LogP contribution in [0.15, 0.2) is 0 Å². The highest BCUT2D eigenvalue weighted by molar-refractivity contribution is 5.77.